The quantitative estimate of drug-likeness (QED) is 0.431. The summed E-state index contributed by atoms with van der Waals surface area (Å²) in [7, 11) is 0. The average molecular weight is 408 g/mol. The molecule has 0 saturated heterocycles. The highest BCUT2D eigenvalue weighted by molar-refractivity contribution is 5.98. The van der Waals surface area contributed by atoms with Gasteiger partial charge in [0.25, 0.3) is 5.91 Å². The summed E-state index contributed by atoms with van der Waals surface area (Å²) >= 11 is 0. The van der Waals surface area contributed by atoms with Crippen molar-refractivity contribution < 1.29 is 4.79 Å². The molecular formula is C29H29NO. The first-order valence-electron chi connectivity index (χ1n) is 11.1. The van der Waals surface area contributed by atoms with E-state index in [2.05, 4.69) is 91.9 Å². The first-order valence-corrected chi connectivity index (χ1v) is 11.1. The Kier molecular flexibility index (Phi) is 6.78. The molecule has 1 aliphatic carbocycles. The predicted molar refractivity (Wildman–Crippen MR) is 129 cm³/mol. The van der Waals surface area contributed by atoms with E-state index in [4.69, 9.17) is 0 Å². The van der Waals surface area contributed by atoms with Gasteiger partial charge in [-0.2, -0.15) is 0 Å². The Morgan fingerprint density at radius 1 is 0.839 bits per heavy atom. The second kappa shape index (κ2) is 10.1. The minimum absolute atomic E-state index is 0.208. The minimum Gasteiger partial charge on any atom is -0.331 e. The van der Waals surface area contributed by atoms with Crippen molar-refractivity contribution >= 4 is 11.5 Å². The van der Waals surface area contributed by atoms with E-state index in [-0.39, 0.29) is 5.91 Å². The maximum atomic E-state index is 12.1. The van der Waals surface area contributed by atoms with Crippen molar-refractivity contribution in [1.82, 2.24) is 4.90 Å². The number of carbonyl (C=O) groups is 1. The molecule has 3 aromatic carbocycles. The van der Waals surface area contributed by atoms with E-state index in [1.165, 1.54) is 22.3 Å². The number of amides is 1. The predicted octanol–water partition coefficient (Wildman–Crippen LogP) is 6.89. The molecule has 156 valence electrons. The Bertz CT molecular complexity index is 1020. The molecule has 1 amide bonds. The molecule has 0 N–H and O–H groups in total. The third-order valence-electron chi connectivity index (χ3n) is 5.85. The van der Waals surface area contributed by atoms with Crippen molar-refractivity contribution in [2.75, 3.05) is 0 Å². The molecular weight excluding hydrogens is 378 g/mol. The molecule has 0 atom stereocenters. The summed E-state index contributed by atoms with van der Waals surface area (Å²) in [5.41, 5.74) is 5.97. The van der Waals surface area contributed by atoms with E-state index in [1.807, 2.05) is 23.1 Å². The van der Waals surface area contributed by atoms with E-state index in [0.29, 0.717) is 6.04 Å². The minimum atomic E-state index is 0.208. The van der Waals surface area contributed by atoms with Crippen molar-refractivity contribution in [2.24, 2.45) is 0 Å². The van der Waals surface area contributed by atoms with Gasteiger partial charge < -0.3 is 4.90 Å². The topological polar surface area (TPSA) is 20.3 Å². The lowest BCUT2D eigenvalue weighted by Crippen LogP contribution is -2.33. The first kappa shape index (κ1) is 20.9. The molecule has 0 aromatic heterocycles. The fraction of sp³-hybridized carbons (Fsp3) is 0.207. The van der Waals surface area contributed by atoms with Crippen LogP contribution in [0.4, 0.5) is 0 Å². The highest BCUT2D eigenvalue weighted by Gasteiger charge is 2.32. The van der Waals surface area contributed by atoms with Crippen molar-refractivity contribution in [3.63, 3.8) is 0 Å². The smallest absolute Gasteiger partial charge is 0.254 e. The Morgan fingerprint density at radius 3 is 1.94 bits per heavy atom. The van der Waals surface area contributed by atoms with Gasteiger partial charge in [-0.05, 0) is 47.6 Å². The summed E-state index contributed by atoms with van der Waals surface area (Å²) in [5.74, 6) is 0.208. The first-order chi connectivity index (χ1) is 15.3. The second-order valence-electron chi connectivity index (χ2n) is 7.94. The summed E-state index contributed by atoms with van der Waals surface area (Å²) < 4.78 is 0. The van der Waals surface area contributed by atoms with Gasteiger partial charge >= 0.3 is 0 Å². The summed E-state index contributed by atoms with van der Waals surface area (Å²) in [6.07, 6.45) is 9.70. The molecule has 31 heavy (non-hydrogen) atoms. The van der Waals surface area contributed by atoms with Crippen LogP contribution in [-0.4, -0.2) is 16.8 Å². The van der Waals surface area contributed by atoms with E-state index in [9.17, 15) is 4.79 Å². The fourth-order valence-electron chi connectivity index (χ4n) is 4.27. The number of hydrogen-bond donors (Lipinski definition) is 0. The molecule has 0 saturated carbocycles. The summed E-state index contributed by atoms with van der Waals surface area (Å²) in [6.45, 7) is 2.97. The van der Waals surface area contributed by atoms with Gasteiger partial charge in [0.05, 0.1) is 0 Å². The summed E-state index contributed by atoms with van der Waals surface area (Å²) in [6, 6.07) is 29.4. The Balaban J connectivity index is 0.000000149. The van der Waals surface area contributed by atoms with Gasteiger partial charge in [0.15, 0.2) is 0 Å². The molecule has 5 rings (SSSR count). The van der Waals surface area contributed by atoms with Gasteiger partial charge in [0.1, 0.15) is 0 Å². The SMILES string of the molecule is CCC=C(c1ccccc1)c1ccccc1.O=C1c2ccccc2CN1C1CC=CC1. The van der Waals surface area contributed by atoms with Crippen molar-refractivity contribution in [2.45, 2.75) is 38.8 Å². The zero-order chi connectivity index (χ0) is 21.5. The van der Waals surface area contributed by atoms with Gasteiger partial charge in [0, 0.05) is 18.2 Å². The van der Waals surface area contributed by atoms with Crippen LogP contribution in [0.3, 0.4) is 0 Å². The highest BCUT2D eigenvalue weighted by atomic mass is 16.2. The van der Waals surface area contributed by atoms with Crippen LogP contribution in [0.25, 0.3) is 5.57 Å². The van der Waals surface area contributed by atoms with E-state index in [1.54, 1.807) is 0 Å². The van der Waals surface area contributed by atoms with Crippen LogP contribution < -0.4 is 0 Å². The number of carbonyl (C=O) groups excluding carboxylic acids is 1. The number of hydrogen-bond acceptors (Lipinski definition) is 1. The van der Waals surface area contributed by atoms with E-state index >= 15 is 0 Å². The Hall–Kier alpha value is -3.39. The molecule has 1 aliphatic heterocycles. The second-order valence-corrected chi connectivity index (χ2v) is 7.94. The summed E-state index contributed by atoms with van der Waals surface area (Å²) in [5, 5.41) is 0. The van der Waals surface area contributed by atoms with Crippen LogP contribution in [-0.2, 0) is 6.54 Å². The number of fused-ring (bicyclic) bond motifs is 1. The molecule has 3 aromatic rings. The van der Waals surface area contributed by atoms with Crippen molar-refractivity contribution in [1.29, 1.82) is 0 Å². The van der Waals surface area contributed by atoms with E-state index in [0.717, 1.165) is 31.4 Å². The van der Waals surface area contributed by atoms with Crippen molar-refractivity contribution in [3.05, 3.63) is 125 Å². The van der Waals surface area contributed by atoms with Crippen LogP contribution in [0.5, 0.6) is 0 Å². The monoisotopic (exact) mass is 407 g/mol. The Labute approximate surface area is 185 Å². The van der Waals surface area contributed by atoms with Crippen LogP contribution in [0.15, 0.2) is 103 Å². The normalized spacial score (nSPS) is 14.7. The van der Waals surface area contributed by atoms with Gasteiger partial charge in [-0.3, -0.25) is 4.79 Å². The largest absolute Gasteiger partial charge is 0.331 e. The van der Waals surface area contributed by atoms with Gasteiger partial charge in [-0.1, -0.05) is 104 Å². The number of rotatable bonds is 4. The number of nitrogens with zero attached hydrogens (tertiary/aromatic N) is 1. The molecule has 0 unspecified atom stereocenters. The van der Waals surface area contributed by atoms with Crippen LogP contribution in [0.2, 0.25) is 0 Å². The molecule has 0 bridgehead atoms. The molecule has 2 aliphatic rings. The summed E-state index contributed by atoms with van der Waals surface area (Å²) in [4.78, 5) is 14.1. The third-order valence-corrected chi connectivity index (χ3v) is 5.85. The molecule has 0 radical (unpaired) electrons. The fourth-order valence-corrected chi connectivity index (χ4v) is 4.27. The lowest BCUT2D eigenvalue weighted by Gasteiger charge is -2.23. The maximum absolute atomic E-state index is 12.1. The number of benzene rings is 3. The maximum Gasteiger partial charge on any atom is 0.254 e. The molecule has 1 heterocycles. The van der Waals surface area contributed by atoms with Crippen molar-refractivity contribution in [3.8, 4) is 0 Å². The lowest BCUT2D eigenvalue weighted by atomic mass is 9.97. The zero-order valence-corrected chi connectivity index (χ0v) is 18.1. The number of allylic oxidation sites excluding steroid dienone is 1. The van der Waals surface area contributed by atoms with Gasteiger partial charge in [0.2, 0.25) is 0 Å². The van der Waals surface area contributed by atoms with Gasteiger partial charge in [-0.25, -0.2) is 0 Å². The standard InChI is InChI=1S/C16H16.C13H13NO/c1-2-9-16(14-10-5-3-6-11-14)15-12-7-4-8-13-15;15-13-12-8-4-1-5-10(12)9-14(13)11-6-2-3-7-11/h3-13H,2H2,1H3;1-5,8,11H,6-7,9H2. The average Bonchev–Trinajstić information content (AvgIpc) is 3.48. The highest BCUT2D eigenvalue weighted by Crippen LogP contribution is 2.28. The Morgan fingerprint density at radius 2 is 1.39 bits per heavy atom. The van der Waals surface area contributed by atoms with E-state index < -0.39 is 0 Å². The molecule has 2 heteroatoms. The molecule has 2 nitrogen and oxygen atoms in total. The van der Waals surface area contributed by atoms with Crippen LogP contribution in [0, 0.1) is 0 Å². The van der Waals surface area contributed by atoms with Crippen LogP contribution >= 0.6 is 0 Å². The van der Waals surface area contributed by atoms with Crippen LogP contribution in [0.1, 0.15) is 53.2 Å². The van der Waals surface area contributed by atoms with Gasteiger partial charge in [-0.15, -0.1) is 0 Å². The molecule has 0 spiro atoms. The molecule has 0 fully saturated rings. The zero-order valence-electron chi connectivity index (χ0n) is 18.1. The third kappa shape index (κ3) is 4.86. The lowest BCUT2D eigenvalue weighted by molar-refractivity contribution is 0.0712.